The van der Waals surface area contributed by atoms with E-state index in [1.165, 1.54) is 39.0 Å². The predicted molar refractivity (Wildman–Crippen MR) is 265 cm³/mol. The highest BCUT2D eigenvalue weighted by Crippen LogP contribution is 2.58. The standard InChI is InChI=1S/C61H47NO3/c1-59(2)49-18-9-6-13-44(49)45-31-30-42(36-51(45)59)62(41-28-23-38(24-29-41)43-16-12-17-47-46-14-7-10-19-53(46)63-57(43)47)40-26-21-37(22-27-40)39-25-32-55-52(35-39)60(3,4)50-33-34-61(5)56(58(50)64-55)48-15-8-11-20-54(48)65-61/h6-36,56H,1-5H3. The number of hydrogen-bond donors (Lipinski definition) is 0. The minimum atomic E-state index is -0.487. The Bertz CT molecular complexity index is 3510. The van der Waals surface area contributed by atoms with E-state index in [1.807, 2.05) is 18.2 Å². The molecular formula is C61H47NO3. The van der Waals surface area contributed by atoms with Gasteiger partial charge in [-0.2, -0.15) is 0 Å². The van der Waals surface area contributed by atoms with Crippen LogP contribution in [0, 0.1) is 0 Å². The van der Waals surface area contributed by atoms with Crippen LogP contribution in [0.4, 0.5) is 17.1 Å². The van der Waals surface area contributed by atoms with Gasteiger partial charge in [0.25, 0.3) is 0 Å². The van der Waals surface area contributed by atoms with Gasteiger partial charge < -0.3 is 18.8 Å². The summed E-state index contributed by atoms with van der Waals surface area (Å²) < 4.78 is 19.9. The van der Waals surface area contributed by atoms with Crippen molar-refractivity contribution in [3.63, 3.8) is 0 Å². The summed E-state index contributed by atoms with van der Waals surface area (Å²) in [7, 11) is 0. The van der Waals surface area contributed by atoms with Gasteiger partial charge in [0.2, 0.25) is 0 Å². The van der Waals surface area contributed by atoms with Crippen LogP contribution in [0.25, 0.3) is 55.3 Å². The van der Waals surface area contributed by atoms with Gasteiger partial charge in [0.15, 0.2) is 0 Å². The maximum atomic E-state index is 6.92. The van der Waals surface area contributed by atoms with Crippen molar-refractivity contribution in [1.29, 1.82) is 0 Å². The number of ether oxygens (including phenoxy) is 2. The van der Waals surface area contributed by atoms with Crippen molar-refractivity contribution in [2.45, 2.75) is 57.0 Å². The van der Waals surface area contributed by atoms with Gasteiger partial charge in [0.05, 0.1) is 5.92 Å². The van der Waals surface area contributed by atoms with Gasteiger partial charge in [-0.15, -0.1) is 0 Å². The monoisotopic (exact) mass is 841 g/mol. The van der Waals surface area contributed by atoms with Crippen LogP contribution in [0.1, 0.15) is 62.8 Å². The van der Waals surface area contributed by atoms with E-state index in [1.54, 1.807) is 0 Å². The molecule has 2 aliphatic carbocycles. The fourth-order valence-corrected chi connectivity index (χ4v) is 11.5. The van der Waals surface area contributed by atoms with E-state index in [9.17, 15) is 0 Å². The van der Waals surface area contributed by atoms with Crippen molar-refractivity contribution in [2.75, 3.05) is 4.90 Å². The van der Waals surface area contributed by atoms with Crippen LogP contribution in [0.3, 0.4) is 0 Å². The minimum absolute atomic E-state index is 0.00418. The zero-order valence-electron chi connectivity index (χ0n) is 37.1. The molecule has 65 heavy (non-hydrogen) atoms. The lowest BCUT2D eigenvalue weighted by atomic mass is 9.68. The molecule has 0 N–H and O–H groups in total. The second kappa shape index (κ2) is 13.5. The van der Waals surface area contributed by atoms with Gasteiger partial charge in [-0.05, 0) is 113 Å². The third-order valence-electron chi connectivity index (χ3n) is 14.9. The molecule has 13 rings (SSSR count). The molecule has 4 heteroatoms. The summed E-state index contributed by atoms with van der Waals surface area (Å²) in [4.78, 5) is 2.39. The van der Waals surface area contributed by atoms with Crippen LogP contribution in [0.5, 0.6) is 11.5 Å². The molecule has 0 amide bonds. The Morgan fingerprint density at radius 2 is 1.14 bits per heavy atom. The summed E-state index contributed by atoms with van der Waals surface area (Å²) in [6.07, 6.45) is 4.47. The molecular weight excluding hydrogens is 795 g/mol. The number of furan rings is 1. The van der Waals surface area contributed by atoms with E-state index in [2.05, 4.69) is 209 Å². The Hall–Kier alpha value is -7.56. The van der Waals surface area contributed by atoms with E-state index in [0.717, 1.165) is 78.5 Å². The summed E-state index contributed by atoms with van der Waals surface area (Å²) in [6, 6.07) is 63.6. The topological polar surface area (TPSA) is 34.8 Å². The molecule has 3 heterocycles. The Balaban J connectivity index is 0.877. The van der Waals surface area contributed by atoms with Crippen molar-refractivity contribution < 1.29 is 13.9 Å². The third-order valence-corrected chi connectivity index (χ3v) is 14.9. The van der Waals surface area contributed by atoms with E-state index < -0.39 is 5.60 Å². The number of fused-ring (bicyclic) bond motifs is 11. The fourth-order valence-electron chi connectivity index (χ4n) is 11.5. The maximum absolute atomic E-state index is 6.92. The number of allylic oxidation sites excluding steroid dienone is 2. The summed E-state index contributed by atoms with van der Waals surface area (Å²) >= 11 is 0. The SMILES string of the molecule is CC1(C)C2=C(Oc3ccc(-c4ccc(N(c5ccc(-c6cccc7c6oc6ccccc67)cc5)c5ccc6c(c5)C(C)(C)c5ccccc5-6)cc4)cc31)C1c3ccccc3OC1(C)C=C2. The second-order valence-electron chi connectivity index (χ2n) is 19.4. The first-order chi connectivity index (χ1) is 31.6. The van der Waals surface area contributed by atoms with Crippen molar-refractivity contribution in [2.24, 2.45) is 0 Å². The number of benzene rings is 8. The lowest BCUT2D eigenvalue weighted by Crippen LogP contribution is -2.41. The highest BCUT2D eigenvalue weighted by molar-refractivity contribution is 6.09. The molecule has 0 fully saturated rings. The van der Waals surface area contributed by atoms with E-state index in [4.69, 9.17) is 13.9 Å². The zero-order valence-corrected chi connectivity index (χ0v) is 37.1. The Kier molecular flexibility index (Phi) is 7.87. The van der Waals surface area contributed by atoms with Crippen molar-refractivity contribution in [3.05, 3.63) is 222 Å². The lowest BCUT2D eigenvalue weighted by Gasteiger charge is -2.42. The van der Waals surface area contributed by atoms with Crippen molar-refractivity contribution in [3.8, 4) is 44.9 Å². The lowest BCUT2D eigenvalue weighted by molar-refractivity contribution is 0.131. The molecule has 0 bridgehead atoms. The number of para-hydroxylation sites is 3. The number of rotatable bonds is 5. The molecule has 0 spiro atoms. The summed E-state index contributed by atoms with van der Waals surface area (Å²) in [5, 5.41) is 2.27. The molecule has 4 nitrogen and oxygen atoms in total. The molecule has 314 valence electrons. The maximum Gasteiger partial charge on any atom is 0.143 e. The molecule has 4 aliphatic rings. The highest BCUT2D eigenvalue weighted by atomic mass is 16.5. The van der Waals surface area contributed by atoms with Crippen LogP contribution in [0.15, 0.2) is 204 Å². The Labute approximate surface area is 379 Å². The highest BCUT2D eigenvalue weighted by Gasteiger charge is 2.52. The van der Waals surface area contributed by atoms with Crippen LogP contribution in [-0.4, -0.2) is 5.60 Å². The average Bonchev–Trinajstić information content (AvgIpc) is 3.94. The molecule has 0 saturated carbocycles. The molecule has 9 aromatic rings. The molecule has 2 unspecified atom stereocenters. The number of hydrogen-bond acceptors (Lipinski definition) is 4. The van der Waals surface area contributed by atoms with Gasteiger partial charge in [0, 0.05) is 60.9 Å². The molecule has 1 aromatic heterocycles. The first-order valence-corrected chi connectivity index (χ1v) is 22.8. The van der Waals surface area contributed by atoms with Crippen LogP contribution in [-0.2, 0) is 10.8 Å². The van der Waals surface area contributed by atoms with E-state index >= 15 is 0 Å². The molecule has 2 atom stereocenters. The van der Waals surface area contributed by atoms with Crippen LogP contribution < -0.4 is 14.4 Å². The molecule has 0 saturated heterocycles. The van der Waals surface area contributed by atoms with Gasteiger partial charge in [0.1, 0.15) is 34.0 Å². The third kappa shape index (κ3) is 5.50. The summed E-state index contributed by atoms with van der Waals surface area (Å²) in [6.45, 7) is 11.5. The molecule has 2 aliphatic heterocycles. The van der Waals surface area contributed by atoms with Crippen molar-refractivity contribution >= 4 is 39.0 Å². The smallest absolute Gasteiger partial charge is 0.143 e. The Morgan fingerprint density at radius 3 is 1.97 bits per heavy atom. The second-order valence-corrected chi connectivity index (χ2v) is 19.4. The fraction of sp³-hybridized carbons (Fsp3) is 0.148. The molecule has 8 aromatic carbocycles. The quantitative estimate of drug-likeness (QED) is 0.173. The minimum Gasteiger partial charge on any atom is -0.482 e. The van der Waals surface area contributed by atoms with E-state index in [0.29, 0.717) is 0 Å². The first kappa shape index (κ1) is 37.9. The van der Waals surface area contributed by atoms with E-state index in [-0.39, 0.29) is 16.7 Å². The summed E-state index contributed by atoms with van der Waals surface area (Å²) in [5.41, 5.74) is 17.6. The number of anilines is 3. The van der Waals surface area contributed by atoms with Gasteiger partial charge >= 0.3 is 0 Å². The van der Waals surface area contributed by atoms with Gasteiger partial charge in [-0.25, -0.2) is 0 Å². The van der Waals surface area contributed by atoms with Crippen molar-refractivity contribution in [1.82, 2.24) is 0 Å². The number of nitrogens with zero attached hydrogens (tertiary/aromatic N) is 1. The predicted octanol–water partition coefficient (Wildman–Crippen LogP) is 16.1. The van der Waals surface area contributed by atoms with Gasteiger partial charge in [-0.1, -0.05) is 149 Å². The Morgan fingerprint density at radius 1 is 0.477 bits per heavy atom. The van der Waals surface area contributed by atoms with Gasteiger partial charge in [-0.3, -0.25) is 0 Å². The van der Waals surface area contributed by atoms with Crippen LogP contribution >= 0.6 is 0 Å². The summed E-state index contributed by atoms with van der Waals surface area (Å²) in [5.74, 6) is 2.83. The largest absolute Gasteiger partial charge is 0.482 e. The first-order valence-electron chi connectivity index (χ1n) is 22.8. The normalized spacial score (nSPS) is 19.1. The zero-order chi connectivity index (χ0) is 43.8. The average molecular weight is 842 g/mol. The van der Waals surface area contributed by atoms with Crippen LogP contribution in [0.2, 0.25) is 0 Å². The molecule has 0 radical (unpaired) electrons.